The Morgan fingerprint density at radius 2 is 1.80 bits per heavy atom. The zero-order chi connectivity index (χ0) is 14.8. The molecule has 3 N–H and O–H groups in total. The summed E-state index contributed by atoms with van der Waals surface area (Å²) in [6.45, 7) is 0. The van der Waals surface area contributed by atoms with Crippen LogP contribution in [0.5, 0.6) is 0 Å². The number of anilines is 3. The SMILES string of the molecule is CSc1ccc(Nc2cc(C(F)(F)F)cc(N)n2)cc1. The van der Waals surface area contributed by atoms with E-state index in [1.807, 2.05) is 18.4 Å². The minimum atomic E-state index is -4.45. The van der Waals surface area contributed by atoms with Crippen LogP contribution < -0.4 is 11.1 Å². The molecule has 0 saturated heterocycles. The highest BCUT2D eigenvalue weighted by Crippen LogP contribution is 2.32. The Labute approximate surface area is 118 Å². The molecule has 0 aliphatic heterocycles. The molecule has 0 aliphatic rings. The molecule has 1 heterocycles. The van der Waals surface area contributed by atoms with Gasteiger partial charge in [-0.15, -0.1) is 11.8 Å². The summed E-state index contributed by atoms with van der Waals surface area (Å²) in [4.78, 5) is 4.91. The number of nitrogens with zero attached hydrogens (tertiary/aromatic N) is 1. The standard InChI is InChI=1S/C13H12F3N3S/c1-20-10-4-2-9(3-5-10)18-12-7-8(13(14,15)16)6-11(17)19-12/h2-7H,1H3,(H3,17,18,19). The van der Waals surface area contributed by atoms with E-state index in [1.54, 1.807) is 23.9 Å². The lowest BCUT2D eigenvalue weighted by Gasteiger charge is -2.11. The number of hydrogen-bond acceptors (Lipinski definition) is 4. The fraction of sp³-hybridized carbons (Fsp3) is 0.154. The van der Waals surface area contributed by atoms with Crippen LogP contribution in [-0.4, -0.2) is 11.2 Å². The summed E-state index contributed by atoms with van der Waals surface area (Å²) in [5, 5.41) is 2.81. The van der Waals surface area contributed by atoms with Gasteiger partial charge in [0, 0.05) is 10.6 Å². The molecule has 0 radical (unpaired) electrons. The van der Waals surface area contributed by atoms with E-state index < -0.39 is 11.7 Å². The van der Waals surface area contributed by atoms with Gasteiger partial charge in [0.1, 0.15) is 11.6 Å². The third kappa shape index (κ3) is 3.57. The van der Waals surface area contributed by atoms with E-state index in [2.05, 4.69) is 10.3 Å². The van der Waals surface area contributed by atoms with Gasteiger partial charge in [-0.05, 0) is 42.7 Å². The monoisotopic (exact) mass is 299 g/mol. The number of nitrogens with two attached hydrogens (primary N) is 1. The van der Waals surface area contributed by atoms with Gasteiger partial charge in [-0.3, -0.25) is 0 Å². The maximum atomic E-state index is 12.7. The Morgan fingerprint density at radius 1 is 1.15 bits per heavy atom. The molecule has 0 bridgehead atoms. The number of pyridine rings is 1. The Balaban J connectivity index is 2.26. The van der Waals surface area contributed by atoms with Crippen molar-refractivity contribution in [2.75, 3.05) is 17.3 Å². The van der Waals surface area contributed by atoms with Crippen LogP contribution in [0.3, 0.4) is 0 Å². The molecule has 0 spiro atoms. The van der Waals surface area contributed by atoms with E-state index in [4.69, 9.17) is 5.73 Å². The average molecular weight is 299 g/mol. The average Bonchev–Trinajstić information content (AvgIpc) is 2.38. The molecule has 106 valence electrons. The second-order valence-electron chi connectivity index (χ2n) is 4.02. The molecule has 7 heteroatoms. The van der Waals surface area contributed by atoms with Gasteiger partial charge >= 0.3 is 6.18 Å². The van der Waals surface area contributed by atoms with Crippen molar-refractivity contribution in [2.45, 2.75) is 11.1 Å². The third-order valence-corrected chi connectivity index (χ3v) is 3.28. The first-order valence-electron chi connectivity index (χ1n) is 5.64. The molecule has 0 fully saturated rings. The first kappa shape index (κ1) is 14.5. The van der Waals surface area contributed by atoms with Gasteiger partial charge in [0.2, 0.25) is 0 Å². The van der Waals surface area contributed by atoms with E-state index in [0.717, 1.165) is 17.0 Å². The maximum Gasteiger partial charge on any atom is 0.416 e. The number of nitrogens with one attached hydrogen (secondary N) is 1. The van der Waals surface area contributed by atoms with Crippen molar-refractivity contribution in [3.63, 3.8) is 0 Å². The second-order valence-corrected chi connectivity index (χ2v) is 4.90. The van der Waals surface area contributed by atoms with Crippen LogP contribution in [0.25, 0.3) is 0 Å². The summed E-state index contributed by atoms with van der Waals surface area (Å²) in [5.74, 6) is -0.114. The van der Waals surface area contributed by atoms with Crippen LogP contribution in [0.15, 0.2) is 41.3 Å². The number of nitrogen functional groups attached to an aromatic ring is 1. The lowest BCUT2D eigenvalue weighted by Crippen LogP contribution is -2.08. The Hall–Kier alpha value is -1.89. The number of aromatic nitrogens is 1. The molecule has 2 rings (SSSR count). The lowest BCUT2D eigenvalue weighted by atomic mass is 10.2. The van der Waals surface area contributed by atoms with Gasteiger partial charge in [0.25, 0.3) is 0 Å². The van der Waals surface area contributed by atoms with Crippen molar-refractivity contribution in [2.24, 2.45) is 0 Å². The molecular formula is C13H12F3N3S. The van der Waals surface area contributed by atoms with E-state index in [1.165, 1.54) is 0 Å². The molecule has 2 aromatic rings. The summed E-state index contributed by atoms with van der Waals surface area (Å²) >= 11 is 1.58. The van der Waals surface area contributed by atoms with Gasteiger partial charge in [-0.25, -0.2) is 4.98 Å². The van der Waals surface area contributed by atoms with Crippen LogP contribution in [0.2, 0.25) is 0 Å². The van der Waals surface area contributed by atoms with Gasteiger partial charge in [-0.1, -0.05) is 0 Å². The van der Waals surface area contributed by atoms with Crippen molar-refractivity contribution in [3.8, 4) is 0 Å². The van der Waals surface area contributed by atoms with Crippen molar-refractivity contribution in [3.05, 3.63) is 42.0 Å². The Morgan fingerprint density at radius 3 is 2.35 bits per heavy atom. The number of hydrogen-bond donors (Lipinski definition) is 2. The van der Waals surface area contributed by atoms with Crippen molar-refractivity contribution < 1.29 is 13.2 Å². The molecule has 0 saturated carbocycles. The van der Waals surface area contributed by atoms with Crippen LogP contribution in [0.4, 0.5) is 30.5 Å². The van der Waals surface area contributed by atoms with Crippen LogP contribution >= 0.6 is 11.8 Å². The summed E-state index contributed by atoms with van der Waals surface area (Å²) in [6, 6.07) is 9.00. The zero-order valence-electron chi connectivity index (χ0n) is 10.5. The number of halogens is 3. The van der Waals surface area contributed by atoms with E-state index in [-0.39, 0.29) is 11.6 Å². The fourth-order valence-electron chi connectivity index (χ4n) is 1.60. The highest BCUT2D eigenvalue weighted by atomic mass is 32.2. The van der Waals surface area contributed by atoms with Crippen molar-refractivity contribution in [1.29, 1.82) is 0 Å². The predicted octanol–water partition coefficient (Wildman–Crippen LogP) is 4.15. The van der Waals surface area contributed by atoms with E-state index >= 15 is 0 Å². The molecule has 0 aliphatic carbocycles. The topological polar surface area (TPSA) is 50.9 Å². The maximum absolute atomic E-state index is 12.7. The normalized spacial score (nSPS) is 11.4. The largest absolute Gasteiger partial charge is 0.416 e. The number of benzene rings is 1. The highest BCUT2D eigenvalue weighted by molar-refractivity contribution is 7.98. The molecule has 1 aromatic carbocycles. The van der Waals surface area contributed by atoms with Crippen LogP contribution in [0, 0.1) is 0 Å². The first-order chi connectivity index (χ1) is 9.38. The zero-order valence-corrected chi connectivity index (χ0v) is 11.3. The predicted molar refractivity (Wildman–Crippen MR) is 75.2 cm³/mol. The first-order valence-corrected chi connectivity index (χ1v) is 6.87. The Kier molecular flexibility index (Phi) is 4.08. The number of rotatable bonds is 3. The minimum absolute atomic E-state index is 0.0641. The van der Waals surface area contributed by atoms with Gasteiger partial charge in [0.15, 0.2) is 0 Å². The number of thioether (sulfide) groups is 1. The molecule has 0 amide bonds. The smallest absolute Gasteiger partial charge is 0.384 e. The summed E-state index contributed by atoms with van der Waals surface area (Å²) in [5.41, 5.74) is 5.22. The van der Waals surface area contributed by atoms with Crippen LogP contribution in [0.1, 0.15) is 5.56 Å². The lowest BCUT2D eigenvalue weighted by molar-refractivity contribution is -0.137. The van der Waals surface area contributed by atoms with E-state index in [9.17, 15) is 13.2 Å². The quantitative estimate of drug-likeness (QED) is 0.836. The second kappa shape index (κ2) is 5.62. The fourth-order valence-corrected chi connectivity index (χ4v) is 2.01. The van der Waals surface area contributed by atoms with Crippen LogP contribution in [-0.2, 0) is 6.18 Å². The number of alkyl halides is 3. The Bertz CT molecular complexity index is 597. The third-order valence-electron chi connectivity index (χ3n) is 2.53. The molecule has 20 heavy (non-hydrogen) atoms. The molecule has 1 aromatic heterocycles. The minimum Gasteiger partial charge on any atom is -0.384 e. The molecule has 3 nitrogen and oxygen atoms in total. The summed E-state index contributed by atoms with van der Waals surface area (Å²) in [7, 11) is 0. The van der Waals surface area contributed by atoms with Crippen molar-refractivity contribution in [1.82, 2.24) is 4.98 Å². The van der Waals surface area contributed by atoms with Gasteiger partial charge in [-0.2, -0.15) is 13.2 Å². The highest BCUT2D eigenvalue weighted by Gasteiger charge is 2.31. The summed E-state index contributed by atoms with van der Waals surface area (Å²) in [6.07, 6.45) is -2.51. The molecule has 0 atom stereocenters. The van der Waals surface area contributed by atoms with Gasteiger partial charge < -0.3 is 11.1 Å². The molecule has 0 unspecified atom stereocenters. The van der Waals surface area contributed by atoms with Crippen molar-refractivity contribution >= 4 is 29.1 Å². The van der Waals surface area contributed by atoms with Gasteiger partial charge in [0.05, 0.1) is 5.56 Å². The molecular weight excluding hydrogens is 287 g/mol. The summed E-state index contributed by atoms with van der Waals surface area (Å²) < 4.78 is 38.0. The van der Waals surface area contributed by atoms with E-state index in [0.29, 0.717) is 5.69 Å².